The first-order chi connectivity index (χ1) is 12.8. The number of carboxylic acid groups (broad SMARTS) is 2. The van der Waals surface area contributed by atoms with Crippen LogP contribution in [-0.2, 0) is 6.42 Å². The normalized spacial score (nSPS) is 12.1. The fourth-order valence-corrected chi connectivity index (χ4v) is 3.36. The average molecular weight is 368 g/mol. The Morgan fingerprint density at radius 1 is 0.889 bits per heavy atom. The highest BCUT2D eigenvalue weighted by molar-refractivity contribution is 6.13. The van der Waals surface area contributed by atoms with Crippen molar-refractivity contribution in [2.24, 2.45) is 0 Å². The molecule has 0 atom stereocenters. The van der Waals surface area contributed by atoms with Gasteiger partial charge in [-0.1, -0.05) is 6.07 Å². The number of phenolic OH excluding ortho intramolecular Hbond substituents is 3. The van der Waals surface area contributed by atoms with Crippen LogP contribution in [0.4, 0.5) is 0 Å². The summed E-state index contributed by atoms with van der Waals surface area (Å²) in [5.41, 5.74) is -0.0709. The summed E-state index contributed by atoms with van der Waals surface area (Å²) in [6.45, 7) is 0. The molecule has 8 nitrogen and oxygen atoms in total. The van der Waals surface area contributed by atoms with E-state index in [4.69, 9.17) is 4.74 Å². The summed E-state index contributed by atoms with van der Waals surface area (Å²) in [6, 6.07) is 6.32. The standard InChI is InChI=1S/C19H12O8/c20-11-5-8-3-10-15-7(1-2-9(18(23)24)16(15)19(25)26)4-13(22)17(10)27-14(8)6-12(11)21/h1-2,4-6,20-22H,3H2,(H,23,24)(H,25,26). The number of aromatic carboxylic acids is 2. The monoisotopic (exact) mass is 368 g/mol. The van der Waals surface area contributed by atoms with E-state index in [2.05, 4.69) is 0 Å². The van der Waals surface area contributed by atoms with Gasteiger partial charge in [-0.05, 0) is 23.6 Å². The molecule has 1 aliphatic heterocycles. The molecule has 4 rings (SSSR count). The summed E-state index contributed by atoms with van der Waals surface area (Å²) in [5.74, 6) is -3.69. The number of phenols is 3. The van der Waals surface area contributed by atoms with Crippen LogP contribution in [0.2, 0.25) is 0 Å². The third kappa shape index (κ3) is 2.38. The summed E-state index contributed by atoms with van der Waals surface area (Å²) in [5, 5.41) is 49.1. The van der Waals surface area contributed by atoms with Crippen molar-refractivity contribution >= 4 is 22.7 Å². The van der Waals surface area contributed by atoms with E-state index >= 15 is 0 Å². The summed E-state index contributed by atoms with van der Waals surface area (Å²) in [7, 11) is 0. The number of fused-ring (bicyclic) bond motifs is 4. The average Bonchev–Trinajstić information content (AvgIpc) is 2.60. The predicted octanol–water partition coefficient (Wildman–Crippen LogP) is 3.05. The summed E-state index contributed by atoms with van der Waals surface area (Å²) >= 11 is 0. The van der Waals surface area contributed by atoms with E-state index < -0.39 is 23.3 Å². The third-order valence-electron chi connectivity index (χ3n) is 4.52. The SMILES string of the molecule is O=C(O)c1ccc2cc(O)c3c(c2c1C(=O)O)Cc1cc(O)c(O)cc1O3. The Kier molecular flexibility index (Phi) is 3.38. The first-order valence-corrected chi connectivity index (χ1v) is 7.78. The van der Waals surface area contributed by atoms with Crippen LogP contribution in [0.5, 0.6) is 28.7 Å². The van der Waals surface area contributed by atoms with Gasteiger partial charge in [0.15, 0.2) is 23.0 Å². The zero-order chi connectivity index (χ0) is 19.5. The molecule has 3 aromatic carbocycles. The van der Waals surface area contributed by atoms with Crippen LogP contribution < -0.4 is 4.74 Å². The fourth-order valence-electron chi connectivity index (χ4n) is 3.36. The van der Waals surface area contributed by atoms with E-state index in [-0.39, 0.29) is 45.9 Å². The minimum Gasteiger partial charge on any atom is -0.504 e. The largest absolute Gasteiger partial charge is 0.504 e. The van der Waals surface area contributed by atoms with Crippen LogP contribution in [0.25, 0.3) is 10.8 Å². The Morgan fingerprint density at radius 2 is 1.59 bits per heavy atom. The maximum atomic E-state index is 11.8. The van der Waals surface area contributed by atoms with Gasteiger partial charge in [0.2, 0.25) is 0 Å². The van der Waals surface area contributed by atoms with Gasteiger partial charge in [-0.15, -0.1) is 0 Å². The molecule has 1 aliphatic rings. The zero-order valence-electron chi connectivity index (χ0n) is 13.6. The van der Waals surface area contributed by atoms with Crippen molar-refractivity contribution in [2.75, 3.05) is 0 Å². The first kappa shape index (κ1) is 16.5. The molecule has 1 heterocycles. The summed E-state index contributed by atoms with van der Waals surface area (Å²) < 4.78 is 5.63. The molecule has 27 heavy (non-hydrogen) atoms. The lowest BCUT2D eigenvalue weighted by molar-refractivity contribution is 0.0653. The number of carbonyl (C=O) groups is 2. The number of hydrogen-bond donors (Lipinski definition) is 5. The molecule has 0 aliphatic carbocycles. The number of aromatic hydroxyl groups is 3. The van der Waals surface area contributed by atoms with Crippen molar-refractivity contribution in [3.8, 4) is 28.7 Å². The summed E-state index contributed by atoms with van der Waals surface area (Å²) in [6.07, 6.45) is 0.0623. The topological polar surface area (TPSA) is 145 Å². The Labute approximate surface area is 151 Å². The van der Waals surface area contributed by atoms with E-state index in [1.807, 2.05) is 0 Å². The third-order valence-corrected chi connectivity index (χ3v) is 4.52. The molecule has 8 heteroatoms. The van der Waals surface area contributed by atoms with E-state index in [1.54, 1.807) is 0 Å². The van der Waals surface area contributed by atoms with Crippen molar-refractivity contribution < 1.29 is 39.9 Å². The van der Waals surface area contributed by atoms with E-state index in [9.17, 15) is 35.1 Å². The molecule has 0 radical (unpaired) electrons. The smallest absolute Gasteiger partial charge is 0.337 e. The zero-order valence-corrected chi connectivity index (χ0v) is 13.6. The van der Waals surface area contributed by atoms with Gasteiger partial charge in [-0.3, -0.25) is 0 Å². The van der Waals surface area contributed by atoms with Crippen LogP contribution >= 0.6 is 0 Å². The Hall–Kier alpha value is -3.94. The van der Waals surface area contributed by atoms with Crippen LogP contribution in [0.15, 0.2) is 30.3 Å². The van der Waals surface area contributed by atoms with Crippen LogP contribution in [0.3, 0.4) is 0 Å². The molecular weight excluding hydrogens is 356 g/mol. The van der Waals surface area contributed by atoms with E-state index in [0.717, 1.165) is 0 Å². The van der Waals surface area contributed by atoms with Crippen LogP contribution in [-0.4, -0.2) is 37.5 Å². The van der Waals surface area contributed by atoms with Gasteiger partial charge in [0, 0.05) is 29.0 Å². The second-order valence-corrected chi connectivity index (χ2v) is 6.13. The van der Waals surface area contributed by atoms with E-state index in [1.165, 1.54) is 30.3 Å². The fraction of sp³-hybridized carbons (Fsp3) is 0.0526. The Bertz CT molecular complexity index is 1160. The maximum Gasteiger partial charge on any atom is 0.337 e. The van der Waals surface area contributed by atoms with Crippen molar-refractivity contribution in [2.45, 2.75) is 6.42 Å². The molecular formula is C19H12O8. The quantitative estimate of drug-likeness (QED) is 0.340. The molecule has 136 valence electrons. The van der Waals surface area contributed by atoms with Crippen molar-refractivity contribution in [1.29, 1.82) is 0 Å². The number of benzene rings is 3. The number of hydrogen-bond acceptors (Lipinski definition) is 6. The lowest BCUT2D eigenvalue weighted by Crippen LogP contribution is -2.12. The molecule has 0 aromatic heterocycles. The number of ether oxygens (including phenoxy) is 1. The highest BCUT2D eigenvalue weighted by atomic mass is 16.5. The van der Waals surface area contributed by atoms with Gasteiger partial charge >= 0.3 is 11.9 Å². The Morgan fingerprint density at radius 3 is 2.26 bits per heavy atom. The lowest BCUT2D eigenvalue weighted by atomic mass is 9.89. The van der Waals surface area contributed by atoms with Crippen molar-refractivity contribution in [3.05, 3.63) is 52.6 Å². The molecule has 0 spiro atoms. The molecule has 0 fully saturated rings. The molecule has 0 saturated carbocycles. The lowest BCUT2D eigenvalue weighted by Gasteiger charge is -2.24. The van der Waals surface area contributed by atoms with Gasteiger partial charge in [-0.2, -0.15) is 0 Å². The minimum atomic E-state index is -1.43. The van der Waals surface area contributed by atoms with Gasteiger partial charge in [0.1, 0.15) is 5.75 Å². The molecule has 0 bridgehead atoms. The van der Waals surface area contributed by atoms with Crippen molar-refractivity contribution in [1.82, 2.24) is 0 Å². The van der Waals surface area contributed by atoms with Gasteiger partial charge in [0.25, 0.3) is 0 Å². The number of carboxylic acids is 2. The van der Waals surface area contributed by atoms with Gasteiger partial charge in [0.05, 0.1) is 11.1 Å². The van der Waals surface area contributed by atoms with E-state index in [0.29, 0.717) is 10.9 Å². The predicted molar refractivity (Wildman–Crippen MR) is 92.2 cm³/mol. The minimum absolute atomic E-state index is 0.0230. The second kappa shape index (κ2) is 5.53. The summed E-state index contributed by atoms with van der Waals surface area (Å²) in [4.78, 5) is 23.3. The second-order valence-electron chi connectivity index (χ2n) is 6.13. The first-order valence-electron chi connectivity index (χ1n) is 7.78. The highest BCUT2D eigenvalue weighted by Gasteiger charge is 2.29. The maximum absolute atomic E-state index is 11.8. The Balaban J connectivity index is 2.08. The van der Waals surface area contributed by atoms with Crippen LogP contribution in [0.1, 0.15) is 31.8 Å². The molecule has 0 saturated heterocycles. The molecule has 5 N–H and O–H groups in total. The van der Waals surface area contributed by atoms with Gasteiger partial charge < -0.3 is 30.3 Å². The van der Waals surface area contributed by atoms with Gasteiger partial charge in [-0.25, -0.2) is 9.59 Å². The van der Waals surface area contributed by atoms with Crippen molar-refractivity contribution in [3.63, 3.8) is 0 Å². The number of rotatable bonds is 2. The molecule has 0 unspecified atom stereocenters. The van der Waals surface area contributed by atoms with Crippen LogP contribution in [0, 0.1) is 0 Å². The molecule has 3 aromatic rings. The highest BCUT2D eigenvalue weighted by Crippen LogP contribution is 2.48. The molecule has 0 amide bonds.